The van der Waals surface area contributed by atoms with Gasteiger partial charge in [0.15, 0.2) is 5.17 Å². The lowest BCUT2D eigenvalue weighted by molar-refractivity contribution is -0.128. The average molecular weight is 567 g/mol. The van der Waals surface area contributed by atoms with Crippen molar-refractivity contribution in [3.05, 3.63) is 101 Å². The summed E-state index contributed by atoms with van der Waals surface area (Å²) in [5.41, 5.74) is 1.36. The fourth-order valence-corrected chi connectivity index (χ4v) is 5.14. The highest BCUT2D eigenvalue weighted by Crippen LogP contribution is 2.32. The molecule has 4 aromatic rings. The highest BCUT2D eigenvalue weighted by atomic mass is 35.5. The van der Waals surface area contributed by atoms with Crippen LogP contribution in [0.15, 0.2) is 98.1 Å². The van der Waals surface area contributed by atoms with Gasteiger partial charge in [-0.3, -0.25) is 14.5 Å². The fourth-order valence-electron chi connectivity index (χ4n) is 3.70. The number of rotatable bonds is 8. The monoisotopic (exact) mass is 566 g/mol. The minimum absolute atomic E-state index is 0.0388. The van der Waals surface area contributed by atoms with Gasteiger partial charge in [-0.15, -0.1) is 5.10 Å². The van der Waals surface area contributed by atoms with Crippen LogP contribution >= 0.6 is 35.0 Å². The summed E-state index contributed by atoms with van der Waals surface area (Å²) < 4.78 is 11.2. The summed E-state index contributed by atoms with van der Waals surface area (Å²) in [6.45, 7) is 0.167. The Morgan fingerprint density at radius 1 is 1.05 bits per heavy atom. The number of carbonyl (C=O) groups is 2. The maximum absolute atomic E-state index is 13.2. The lowest BCUT2D eigenvalue weighted by atomic mass is 10.2. The molecule has 8 nitrogen and oxygen atoms in total. The number of furan rings is 2. The number of anilines is 1. The van der Waals surface area contributed by atoms with Crippen molar-refractivity contribution in [2.75, 3.05) is 5.32 Å². The summed E-state index contributed by atoms with van der Waals surface area (Å²) in [7, 11) is 0. The van der Waals surface area contributed by atoms with Crippen LogP contribution < -0.4 is 5.32 Å². The number of halogens is 2. The second-order valence-electron chi connectivity index (χ2n) is 8.18. The van der Waals surface area contributed by atoms with Gasteiger partial charge in [0.2, 0.25) is 11.8 Å². The Morgan fingerprint density at radius 2 is 1.87 bits per heavy atom. The average Bonchev–Trinajstić information content (AvgIpc) is 3.65. The molecule has 1 aliphatic rings. The summed E-state index contributed by atoms with van der Waals surface area (Å²) in [4.78, 5) is 27.3. The number of amidine groups is 1. The quantitative estimate of drug-likeness (QED) is 0.189. The van der Waals surface area contributed by atoms with Gasteiger partial charge >= 0.3 is 0 Å². The molecule has 0 bridgehead atoms. The van der Waals surface area contributed by atoms with Gasteiger partial charge in [0.1, 0.15) is 22.5 Å². The Hall–Kier alpha value is -3.79. The molecule has 2 aromatic heterocycles. The maximum Gasteiger partial charge on any atom is 0.243 e. The van der Waals surface area contributed by atoms with E-state index in [1.165, 1.54) is 29.1 Å². The standard InChI is InChI=1S/C27H20Cl2N4O4S/c28-17-7-9-18(10-8-17)31-25(34)14-24-26(35)33(16-20-4-3-13-36-20)27(38-24)32-30-15-19-11-12-23(37-19)21-5-1-2-6-22(21)29/h1-13,15,24H,14,16H2,(H,31,34)/b30-15+,32-27-. The van der Waals surface area contributed by atoms with E-state index in [1.54, 1.807) is 54.6 Å². The molecule has 11 heteroatoms. The number of amides is 2. The van der Waals surface area contributed by atoms with Crippen LogP contribution in [0.5, 0.6) is 0 Å². The number of nitrogens with zero attached hydrogens (tertiary/aromatic N) is 3. The molecule has 3 heterocycles. The van der Waals surface area contributed by atoms with E-state index in [9.17, 15) is 9.59 Å². The number of nitrogens with one attached hydrogen (secondary N) is 1. The normalized spacial score (nSPS) is 16.6. The van der Waals surface area contributed by atoms with E-state index in [1.807, 2.05) is 18.2 Å². The number of carbonyl (C=O) groups excluding carboxylic acids is 2. The molecule has 0 spiro atoms. The van der Waals surface area contributed by atoms with Crippen LogP contribution in [0.3, 0.4) is 0 Å². The molecular weight excluding hydrogens is 547 g/mol. The van der Waals surface area contributed by atoms with Crippen molar-refractivity contribution in [2.24, 2.45) is 10.2 Å². The molecule has 5 rings (SSSR count). The van der Waals surface area contributed by atoms with Crippen molar-refractivity contribution < 1.29 is 18.4 Å². The zero-order valence-corrected chi connectivity index (χ0v) is 22.0. The molecule has 192 valence electrons. The second-order valence-corrected chi connectivity index (χ2v) is 10.2. The third-order valence-electron chi connectivity index (χ3n) is 5.51. The Morgan fingerprint density at radius 3 is 2.63 bits per heavy atom. The number of hydrogen-bond donors (Lipinski definition) is 1. The Labute approximate surface area is 232 Å². The Kier molecular flexibility index (Phi) is 7.97. The van der Waals surface area contributed by atoms with Crippen molar-refractivity contribution in [1.82, 2.24) is 4.90 Å². The number of hydrogen-bond acceptors (Lipinski definition) is 7. The van der Waals surface area contributed by atoms with Gasteiger partial charge in [-0.2, -0.15) is 5.10 Å². The van der Waals surface area contributed by atoms with Crippen LogP contribution in [0.2, 0.25) is 10.0 Å². The fraction of sp³-hybridized carbons (Fsp3) is 0.111. The molecule has 0 radical (unpaired) electrons. The summed E-state index contributed by atoms with van der Waals surface area (Å²) in [6.07, 6.45) is 2.94. The SMILES string of the molecule is O=C(CC1S/C(=N\N=C\c2ccc(-c3ccccc3Cl)o2)N(Cc2ccco2)C1=O)Nc1ccc(Cl)cc1. The molecule has 38 heavy (non-hydrogen) atoms. The van der Waals surface area contributed by atoms with E-state index in [4.69, 9.17) is 32.0 Å². The van der Waals surface area contributed by atoms with E-state index in [2.05, 4.69) is 15.5 Å². The highest BCUT2D eigenvalue weighted by molar-refractivity contribution is 8.15. The molecule has 0 saturated carbocycles. The van der Waals surface area contributed by atoms with Crippen molar-refractivity contribution >= 4 is 63.8 Å². The minimum atomic E-state index is -0.665. The first-order valence-corrected chi connectivity index (χ1v) is 13.1. The van der Waals surface area contributed by atoms with E-state index in [-0.39, 0.29) is 24.8 Å². The van der Waals surface area contributed by atoms with Crippen LogP contribution in [0.1, 0.15) is 17.9 Å². The third-order valence-corrected chi connectivity index (χ3v) is 7.25. The van der Waals surface area contributed by atoms with Gasteiger partial charge in [-0.25, -0.2) is 0 Å². The predicted molar refractivity (Wildman–Crippen MR) is 150 cm³/mol. The largest absolute Gasteiger partial charge is 0.467 e. The van der Waals surface area contributed by atoms with E-state index in [0.717, 1.165) is 5.56 Å². The van der Waals surface area contributed by atoms with E-state index < -0.39 is 5.25 Å². The Balaban J connectivity index is 1.30. The molecule has 2 aromatic carbocycles. The zero-order valence-electron chi connectivity index (χ0n) is 19.7. The van der Waals surface area contributed by atoms with Gasteiger partial charge in [0.05, 0.1) is 24.0 Å². The summed E-state index contributed by atoms with van der Waals surface area (Å²) in [5.74, 6) is 1.09. The van der Waals surface area contributed by atoms with Crippen LogP contribution in [-0.2, 0) is 16.1 Å². The minimum Gasteiger partial charge on any atom is -0.467 e. The lowest BCUT2D eigenvalue weighted by Gasteiger charge is -2.14. The first kappa shape index (κ1) is 25.8. The first-order chi connectivity index (χ1) is 18.5. The predicted octanol–water partition coefficient (Wildman–Crippen LogP) is 6.71. The van der Waals surface area contributed by atoms with Crippen LogP contribution in [0.4, 0.5) is 5.69 Å². The molecule has 2 amide bonds. The summed E-state index contributed by atoms with van der Waals surface area (Å²) in [6, 6.07) is 21.2. The van der Waals surface area contributed by atoms with E-state index in [0.29, 0.717) is 38.2 Å². The van der Waals surface area contributed by atoms with Crippen LogP contribution in [0.25, 0.3) is 11.3 Å². The molecule has 1 fully saturated rings. The molecular formula is C27H20Cl2N4O4S. The zero-order chi connectivity index (χ0) is 26.5. The van der Waals surface area contributed by atoms with E-state index >= 15 is 0 Å². The van der Waals surface area contributed by atoms with Gasteiger partial charge < -0.3 is 14.2 Å². The van der Waals surface area contributed by atoms with Gasteiger partial charge in [-0.1, -0.05) is 47.1 Å². The van der Waals surface area contributed by atoms with Crippen molar-refractivity contribution in [3.63, 3.8) is 0 Å². The van der Waals surface area contributed by atoms with Crippen LogP contribution in [-0.4, -0.2) is 33.3 Å². The summed E-state index contributed by atoms with van der Waals surface area (Å²) in [5, 5.41) is 12.0. The lowest BCUT2D eigenvalue weighted by Crippen LogP contribution is -2.33. The molecule has 0 aliphatic carbocycles. The Bertz CT molecular complexity index is 1500. The van der Waals surface area contributed by atoms with Gasteiger partial charge in [0, 0.05) is 22.7 Å². The number of thioether (sulfide) groups is 1. The second kappa shape index (κ2) is 11.7. The smallest absolute Gasteiger partial charge is 0.243 e. The number of benzene rings is 2. The van der Waals surface area contributed by atoms with Crippen molar-refractivity contribution in [3.8, 4) is 11.3 Å². The molecule has 1 aliphatic heterocycles. The molecule has 1 N–H and O–H groups in total. The molecule has 1 unspecified atom stereocenters. The van der Waals surface area contributed by atoms with Crippen molar-refractivity contribution in [2.45, 2.75) is 18.2 Å². The van der Waals surface area contributed by atoms with Gasteiger partial charge in [0.25, 0.3) is 0 Å². The van der Waals surface area contributed by atoms with Gasteiger partial charge in [-0.05, 0) is 60.7 Å². The first-order valence-electron chi connectivity index (χ1n) is 11.5. The van der Waals surface area contributed by atoms with Crippen LogP contribution in [0, 0.1) is 0 Å². The topological polar surface area (TPSA) is 100 Å². The third kappa shape index (κ3) is 6.19. The molecule has 1 atom stereocenters. The molecule has 1 saturated heterocycles. The summed E-state index contributed by atoms with van der Waals surface area (Å²) >= 11 is 13.3. The maximum atomic E-state index is 13.2. The highest BCUT2D eigenvalue weighted by Gasteiger charge is 2.39. The van der Waals surface area contributed by atoms with Crippen molar-refractivity contribution in [1.29, 1.82) is 0 Å².